The number of hydrogen-bond donors (Lipinski definition) is 3. The van der Waals surface area contributed by atoms with E-state index in [1.54, 1.807) is 38.5 Å². The maximum Gasteiger partial charge on any atom is 0.274 e. The third-order valence-electron chi connectivity index (χ3n) is 4.78. The highest BCUT2D eigenvalue weighted by atomic mass is 19.3. The lowest BCUT2D eigenvalue weighted by Gasteiger charge is -2.35. The second-order valence-corrected chi connectivity index (χ2v) is 6.97. The van der Waals surface area contributed by atoms with Gasteiger partial charge in [-0.25, -0.2) is 13.8 Å². The number of halogens is 2. The second kappa shape index (κ2) is 6.83. The van der Waals surface area contributed by atoms with Crippen LogP contribution in [-0.2, 0) is 7.05 Å². The van der Waals surface area contributed by atoms with Gasteiger partial charge in [-0.05, 0) is 12.1 Å². The van der Waals surface area contributed by atoms with E-state index >= 15 is 0 Å². The molecule has 1 saturated carbocycles. The second-order valence-electron chi connectivity index (χ2n) is 6.97. The van der Waals surface area contributed by atoms with E-state index in [0.717, 1.165) is 0 Å². The minimum absolute atomic E-state index is 0.154. The van der Waals surface area contributed by atoms with Gasteiger partial charge in [-0.3, -0.25) is 9.59 Å². The molecule has 0 aromatic carbocycles. The molecule has 1 aliphatic rings. The van der Waals surface area contributed by atoms with Crippen molar-refractivity contribution in [3.05, 3.63) is 46.5 Å². The van der Waals surface area contributed by atoms with Crippen LogP contribution in [-0.4, -0.2) is 44.1 Å². The number of fused-ring (bicyclic) bond motifs is 1. The fourth-order valence-corrected chi connectivity index (χ4v) is 3.22. The van der Waals surface area contributed by atoms with Crippen molar-refractivity contribution in [3.63, 3.8) is 0 Å². The first-order valence-electron chi connectivity index (χ1n) is 8.95. The molecule has 11 heteroatoms. The Morgan fingerprint density at radius 2 is 2.10 bits per heavy atom. The van der Waals surface area contributed by atoms with Gasteiger partial charge in [-0.15, -0.1) is 0 Å². The van der Waals surface area contributed by atoms with Crippen molar-refractivity contribution in [1.82, 2.24) is 24.5 Å². The number of anilines is 3. The highest BCUT2D eigenvalue weighted by molar-refractivity contribution is 6.00. The molecule has 1 amide bonds. The summed E-state index contributed by atoms with van der Waals surface area (Å²) < 4.78 is 28.9. The zero-order chi connectivity index (χ0) is 20.8. The summed E-state index contributed by atoms with van der Waals surface area (Å²) in [5.41, 5.74) is 0.464. The van der Waals surface area contributed by atoms with Gasteiger partial charge in [-0.2, -0.15) is 9.61 Å². The number of rotatable bonds is 5. The average molecular weight is 403 g/mol. The first kappa shape index (κ1) is 18.8. The summed E-state index contributed by atoms with van der Waals surface area (Å²) in [5.74, 6) is -2.40. The minimum atomic E-state index is -2.73. The van der Waals surface area contributed by atoms with Crippen LogP contribution in [0, 0.1) is 0 Å². The van der Waals surface area contributed by atoms with Crippen molar-refractivity contribution in [1.29, 1.82) is 0 Å². The Balaban J connectivity index is 1.67. The van der Waals surface area contributed by atoms with Crippen LogP contribution in [0.15, 0.2) is 35.4 Å². The number of nitrogens with one attached hydrogen (secondary N) is 3. The molecule has 0 radical (unpaired) electrons. The summed E-state index contributed by atoms with van der Waals surface area (Å²) in [6.45, 7) is 0. The van der Waals surface area contributed by atoms with E-state index in [2.05, 4.69) is 26.0 Å². The van der Waals surface area contributed by atoms with Crippen LogP contribution < -0.4 is 21.5 Å². The molecule has 0 bridgehead atoms. The molecule has 0 aliphatic heterocycles. The van der Waals surface area contributed by atoms with Crippen LogP contribution in [0.1, 0.15) is 23.2 Å². The molecule has 29 heavy (non-hydrogen) atoms. The standard InChI is InChI=1S/C18H19F2N7O2/c1-21-14-6-13(24-12-4-3-5-26(2)17(12)29)25-15-11(9-22-27(14)15)16(28)23-10-7-18(19,20)8-10/h3-6,9-10,21H,7-8H2,1-2H3,(H,23,28)(H,24,25). The monoisotopic (exact) mass is 403 g/mol. The lowest BCUT2D eigenvalue weighted by atomic mass is 9.88. The molecular formula is C18H19F2N7O2. The van der Waals surface area contributed by atoms with Crippen LogP contribution in [0.2, 0.25) is 0 Å². The smallest absolute Gasteiger partial charge is 0.274 e. The predicted molar refractivity (Wildman–Crippen MR) is 103 cm³/mol. The predicted octanol–water partition coefficient (Wildman–Crippen LogP) is 1.74. The van der Waals surface area contributed by atoms with Crippen molar-refractivity contribution in [2.24, 2.45) is 7.05 Å². The first-order chi connectivity index (χ1) is 13.8. The first-order valence-corrected chi connectivity index (χ1v) is 8.95. The third-order valence-corrected chi connectivity index (χ3v) is 4.78. The molecule has 9 nitrogen and oxygen atoms in total. The normalized spacial score (nSPS) is 15.7. The topological polar surface area (TPSA) is 105 Å². The number of hydrogen-bond acceptors (Lipinski definition) is 6. The van der Waals surface area contributed by atoms with Gasteiger partial charge in [0.25, 0.3) is 17.4 Å². The van der Waals surface area contributed by atoms with E-state index in [0.29, 0.717) is 17.3 Å². The van der Waals surface area contributed by atoms with Crippen molar-refractivity contribution in [2.75, 3.05) is 17.7 Å². The van der Waals surface area contributed by atoms with E-state index in [1.807, 2.05) is 0 Å². The van der Waals surface area contributed by atoms with Crippen LogP contribution in [0.3, 0.4) is 0 Å². The fraction of sp³-hybridized carbons (Fsp3) is 0.333. The van der Waals surface area contributed by atoms with Crippen LogP contribution in [0.5, 0.6) is 0 Å². The van der Waals surface area contributed by atoms with Crippen molar-refractivity contribution < 1.29 is 13.6 Å². The molecule has 1 aliphatic carbocycles. The summed E-state index contributed by atoms with van der Waals surface area (Å²) in [6, 6.07) is 4.40. The number of aryl methyl sites for hydroxylation is 1. The Bertz CT molecular complexity index is 1150. The number of nitrogens with zero attached hydrogens (tertiary/aromatic N) is 4. The molecular weight excluding hydrogens is 384 g/mol. The molecule has 1 fully saturated rings. The SMILES string of the molecule is CNc1cc(Nc2cccn(C)c2=O)nc2c(C(=O)NC3CC(F)(F)C3)cnn12. The van der Waals surface area contributed by atoms with Crippen molar-refractivity contribution >= 4 is 28.9 Å². The molecule has 3 heterocycles. The summed E-state index contributed by atoms with van der Waals surface area (Å²) in [7, 11) is 3.31. The van der Waals surface area contributed by atoms with Crippen molar-refractivity contribution in [3.8, 4) is 0 Å². The number of carbonyl (C=O) groups is 1. The van der Waals surface area contributed by atoms with Gasteiger partial charge in [-0.1, -0.05) is 0 Å². The Morgan fingerprint density at radius 1 is 1.34 bits per heavy atom. The maximum atomic E-state index is 13.0. The Hall–Kier alpha value is -3.50. The molecule has 3 aromatic rings. The van der Waals surface area contributed by atoms with Gasteiger partial charge >= 0.3 is 0 Å². The fourth-order valence-electron chi connectivity index (χ4n) is 3.22. The largest absolute Gasteiger partial charge is 0.373 e. The highest BCUT2D eigenvalue weighted by Gasteiger charge is 2.46. The number of amides is 1. The van der Waals surface area contributed by atoms with Crippen molar-refractivity contribution in [2.45, 2.75) is 24.8 Å². The van der Waals surface area contributed by atoms with Gasteiger partial charge < -0.3 is 20.5 Å². The maximum absolute atomic E-state index is 13.0. The zero-order valence-electron chi connectivity index (χ0n) is 15.7. The van der Waals surface area contributed by atoms with E-state index in [4.69, 9.17) is 0 Å². The number of aromatic nitrogens is 4. The molecule has 152 valence electrons. The quantitative estimate of drug-likeness (QED) is 0.599. The lowest BCUT2D eigenvalue weighted by Crippen LogP contribution is -2.50. The summed E-state index contributed by atoms with van der Waals surface area (Å²) in [5, 5.41) is 12.7. The zero-order valence-corrected chi connectivity index (χ0v) is 15.7. The molecule has 0 spiro atoms. The van der Waals surface area contributed by atoms with Crippen LogP contribution >= 0.6 is 0 Å². The van der Waals surface area contributed by atoms with E-state index in [-0.39, 0.29) is 29.6 Å². The van der Waals surface area contributed by atoms with E-state index in [9.17, 15) is 18.4 Å². The molecule has 3 aromatic heterocycles. The third kappa shape index (κ3) is 3.50. The van der Waals surface area contributed by atoms with Crippen LogP contribution in [0.25, 0.3) is 5.65 Å². The summed E-state index contributed by atoms with van der Waals surface area (Å²) in [4.78, 5) is 29.2. The number of carbonyl (C=O) groups excluding carboxylic acids is 1. The van der Waals surface area contributed by atoms with Gasteiger partial charge in [0.1, 0.15) is 22.9 Å². The minimum Gasteiger partial charge on any atom is -0.373 e. The molecule has 0 atom stereocenters. The highest BCUT2D eigenvalue weighted by Crippen LogP contribution is 2.37. The molecule has 3 N–H and O–H groups in total. The van der Waals surface area contributed by atoms with Gasteiger partial charge in [0.05, 0.1) is 6.20 Å². The lowest BCUT2D eigenvalue weighted by molar-refractivity contribution is -0.0901. The average Bonchev–Trinajstić information content (AvgIpc) is 3.07. The van der Waals surface area contributed by atoms with Gasteiger partial charge in [0.2, 0.25) is 0 Å². The Morgan fingerprint density at radius 3 is 2.79 bits per heavy atom. The Labute approximate surface area is 163 Å². The number of pyridine rings is 1. The number of alkyl halides is 2. The molecule has 4 rings (SSSR count). The van der Waals surface area contributed by atoms with Crippen LogP contribution in [0.4, 0.5) is 26.1 Å². The van der Waals surface area contributed by atoms with Gasteiger partial charge in [0.15, 0.2) is 5.65 Å². The molecule has 0 saturated heterocycles. The molecule has 0 unspecified atom stereocenters. The summed E-state index contributed by atoms with van der Waals surface area (Å²) >= 11 is 0. The summed E-state index contributed by atoms with van der Waals surface area (Å²) in [6.07, 6.45) is 2.21. The van der Waals surface area contributed by atoms with E-state index < -0.39 is 17.9 Å². The Kier molecular flexibility index (Phi) is 4.44. The van der Waals surface area contributed by atoms with Gasteiger partial charge in [0, 0.05) is 45.2 Å². The van der Waals surface area contributed by atoms with E-state index in [1.165, 1.54) is 15.3 Å².